The molecule has 2 rings (SSSR count). The van der Waals surface area contributed by atoms with Crippen LogP contribution in [0.4, 0.5) is 0 Å². The van der Waals surface area contributed by atoms with Gasteiger partial charge in [0.05, 0.1) is 0 Å². The highest BCUT2D eigenvalue weighted by Gasteiger charge is 1.93. The zero-order chi connectivity index (χ0) is 12.6. The standard InChI is InChI=1S/C17H17N/c18-13-5-10-16-8-4-9-17(14-16)12-11-15-6-2-1-3-7-15/h1-4,6-9,14H,5,10,13,18H2. The summed E-state index contributed by atoms with van der Waals surface area (Å²) in [6.07, 6.45) is 2.05. The molecule has 0 aliphatic heterocycles. The van der Waals surface area contributed by atoms with Crippen LogP contribution in [0.2, 0.25) is 0 Å². The van der Waals surface area contributed by atoms with Gasteiger partial charge in [0.2, 0.25) is 0 Å². The van der Waals surface area contributed by atoms with Crippen molar-refractivity contribution in [2.75, 3.05) is 6.54 Å². The Kier molecular flexibility index (Phi) is 4.58. The van der Waals surface area contributed by atoms with Gasteiger partial charge >= 0.3 is 0 Å². The Balaban J connectivity index is 2.12. The van der Waals surface area contributed by atoms with E-state index in [1.165, 1.54) is 5.56 Å². The van der Waals surface area contributed by atoms with Gasteiger partial charge in [-0.25, -0.2) is 0 Å². The molecule has 0 saturated carbocycles. The van der Waals surface area contributed by atoms with E-state index in [1.54, 1.807) is 0 Å². The predicted octanol–water partition coefficient (Wildman–Crippen LogP) is 2.98. The van der Waals surface area contributed by atoms with Crippen LogP contribution in [0.3, 0.4) is 0 Å². The number of aryl methyl sites for hydroxylation is 1. The molecule has 0 fully saturated rings. The largest absolute Gasteiger partial charge is 0.330 e. The van der Waals surface area contributed by atoms with Crippen LogP contribution in [0.1, 0.15) is 23.1 Å². The molecular weight excluding hydrogens is 218 g/mol. The molecule has 1 heteroatoms. The van der Waals surface area contributed by atoms with Crippen LogP contribution in [-0.2, 0) is 6.42 Å². The third kappa shape index (κ3) is 3.76. The van der Waals surface area contributed by atoms with Crippen molar-refractivity contribution >= 4 is 0 Å². The van der Waals surface area contributed by atoms with Gasteiger partial charge in [-0.05, 0) is 49.2 Å². The number of rotatable bonds is 3. The first-order valence-electron chi connectivity index (χ1n) is 6.24. The minimum absolute atomic E-state index is 0.736. The van der Waals surface area contributed by atoms with Gasteiger partial charge in [0.15, 0.2) is 0 Å². The lowest BCUT2D eigenvalue weighted by Gasteiger charge is -1.99. The Morgan fingerprint density at radius 1 is 0.833 bits per heavy atom. The molecule has 1 nitrogen and oxygen atoms in total. The summed E-state index contributed by atoms with van der Waals surface area (Å²) in [5.41, 5.74) is 8.94. The maximum atomic E-state index is 5.52. The zero-order valence-electron chi connectivity index (χ0n) is 10.4. The first-order chi connectivity index (χ1) is 8.88. The van der Waals surface area contributed by atoms with Crippen LogP contribution in [-0.4, -0.2) is 6.54 Å². The molecule has 2 aromatic carbocycles. The highest BCUT2D eigenvalue weighted by atomic mass is 14.5. The van der Waals surface area contributed by atoms with E-state index in [9.17, 15) is 0 Å². The van der Waals surface area contributed by atoms with Crippen molar-refractivity contribution in [1.29, 1.82) is 0 Å². The van der Waals surface area contributed by atoms with Crippen molar-refractivity contribution in [2.45, 2.75) is 12.8 Å². The molecule has 0 aliphatic rings. The molecule has 0 saturated heterocycles. The molecule has 0 aromatic heterocycles. The first kappa shape index (κ1) is 12.4. The minimum Gasteiger partial charge on any atom is -0.330 e. The van der Waals surface area contributed by atoms with Crippen LogP contribution in [0.25, 0.3) is 0 Å². The van der Waals surface area contributed by atoms with E-state index < -0.39 is 0 Å². The van der Waals surface area contributed by atoms with E-state index in [2.05, 4.69) is 30.0 Å². The molecule has 18 heavy (non-hydrogen) atoms. The summed E-state index contributed by atoms with van der Waals surface area (Å²) in [5, 5.41) is 0. The number of nitrogens with two attached hydrogens (primary N) is 1. The fourth-order valence-corrected chi connectivity index (χ4v) is 1.78. The van der Waals surface area contributed by atoms with Gasteiger partial charge in [-0.1, -0.05) is 42.2 Å². The summed E-state index contributed by atoms with van der Waals surface area (Å²) >= 11 is 0. The molecule has 0 unspecified atom stereocenters. The second kappa shape index (κ2) is 6.64. The molecule has 0 atom stereocenters. The lowest BCUT2D eigenvalue weighted by Crippen LogP contribution is -2.00. The SMILES string of the molecule is NCCCc1cccc(C#Cc2ccccc2)c1. The fourth-order valence-electron chi connectivity index (χ4n) is 1.78. The van der Waals surface area contributed by atoms with Crippen molar-refractivity contribution < 1.29 is 0 Å². The van der Waals surface area contributed by atoms with Crippen molar-refractivity contribution in [2.24, 2.45) is 5.73 Å². The minimum atomic E-state index is 0.736. The van der Waals surface area contributed by atoms with Gasteiger partial charge in [0.25, 0.3) is 0 Å². The molecule has 0 heterocycles. The second-order valence-electron chi connectivity index (χ2n) is 4.21. The number of hydrogen-bond donors (Lipinski definition) is 1. The molecule has 0 bridgehead atoms. The van der Waals surface area contributed by atoms with Crippen molar-refractivity contribution in [3.8, 4) is 11.8 Å². The molecule has 0 aliphatic carbocycles. The highest BCUT2D eigenvalue weighted by molar-refractivity contribution is 5.43. The van der Waals surface area contributed by atoms with Gasteiger partial charge in [-0.15, -0.1) is 0 Å². The molecule has 0 radical (unpaired) electrons. The second-order valence-corrected chi connectivity index (χ2v) is 4.21. The fraction of sp³-hybridized carbons (Fsp3) is 0.176. The summed E-state index contributed by atoms with van der Waals surface area (Å²) in [4.78, 5) is 0. The van der Waals surface area contributed by atoms with E-state index in [4.69, 9.17) is 5.73 Å². The lowest BCUT2D eigenvalue weighted by molar-refractivity contribution is 0.832. The topological polar surface area (TPSA) is 26.0 Å². The van der Waals surface area contributed by atoms with Crippen LogP contribution in [0.15, 0.2) is 54.6 Å². The van der Waals surface area contributed by atoms with Gasteiger partial charge < -0.3 is 5.73 Å². The van der Waals surface area contributed by atoms with Crippen molar-refractivity contribution in [1.82, 2.24) is 0 Å². The summed E-state index contributed by atoms with van der Waals surface area (Å²) in [5.74, 6) is 6.37. The lowest BCUT2D eigenvalue weighted by atomic mass is 10.1. The Morgan fingerprint density at radius 2 is 1.56 bits per heavy atom. The Labute approximate surface area is 109 Å². The smallest absolute Gasteiger partial charge is 0.0251 e. The van der Waals surface area contributed by atoms with Crippen LogP contribution < -0.4 is 5.73 Å². The quantitative estimate of drug-likeness (QED) is 0.813. The van der Waals surface area contributed by atoms with Crippen LogP contribution >= 0.6 is 0 Å². The highest BCUT2D eigenvalue weighted by Crippen LogP contribution is 2.06. The molecule has 2 aromatic rings. The number of hydrogen-bond acceptors (Lipinski definition) is 1. The third-order valence-corrected chi connectivity index (χ3v) is 2.72. The molecular formula is C17H17N. The average Bonchev–Trinajstić information content (AvgIpc) is 2.44. The van der Waals surface area contributed by atoms with Crippen molar-refractivity contribution in [3.05, 3.63) is 71.3 Å². The van der Waals surface area contributed by atoms with E-state index >= 15 is 0 Å². The van der Waals surface area contributed by atoms with Gasteiger partial charge in [0.1, 0.15) is 0 Å². The van der Waals surface area contributed by atoms with Crippen molar-refractivity contribution in [3.63, 3.8) is 0 Å². The van der Waals surface area contributed by atoms with Crippen LogP contribution in [0.5, 0.6) is 0 Å². The Morgan fingerprint density at radius 3 is 2.33 bits per heavy atom. The molecule has 2 N–H and O–H groups in total. The Hall–Kier alpha value is -2.04. The van der Waals surface area contributed by atoms with Crippen LogP contribution in [0, 0.1) is 11.8 Å². The van der Waals surface area contributed by atoms with E-state index in [-0.39, 0.29) is 0 Å². The molecule has 90 valence electrons. The molecule has 0 amide bonds. The summed E-state index contributed by atoms with van der Waals surface area (Å²) in [6.45, 7) is 0.736. The monoisotopic (exact) mass is 235 g/mol. The summed E-state index contributed by atoms with van der Waals surface area (Å²) in [7, 11) is 0. The van der Waals surface area contributed by atoms with E-state index in [1.807, 2.05) is 36.4 Å². The normalized spacial score (nSPS) is 9.61. The Bertz CT molecular complexity index is 547. The van der Waals surface area contributed by atoms with Gasteiger partial charge in [-0.3, -0.25) is 0 Å². The zero-order valence-corrected chi connectivity index (χ0v) is 10.4. The van der Waals surface area contributed by atoms with Gasteiger partial charge in [-0.2, -0.15) is 0 Å². The molecule has 0 spiro atoms. The van der Waals surface area contributed by atoms with E-state index in [0.717, 1.165) is 30.5 Å². The first-order valence-corrected chi connectivity index (χ1v) is 6.24. The number of benzene rings is 2. The average molecular weight is 235 g/mol. The summed E-state index contributed by atoms with van der Waals surface area (Å²) < 4.78 is 0. The maximum Gasteiger partial charge on any atom is 0.0251 e. The van der Waals surface area contributed by atoms with Gasteiger partial charge in [0, 0.05) is 11.1 Å². The van der Waals surface area contributed by atoms with E-state index in [0.29, 0.717) is 0 Å². The predicted molar refractivity (Wildman–Crippen MR) is 76.2 cm³/mol. The summed E-state index contributed by atoms with van der Waals surface area (Å²) in [6, 6.07) is 18.4. The maximum absolute atomic E-state index is 5.52. The third-order valence-electron chi connectivity index (χ3n) is 2.72.